The van der Waals surface area contributed by atoms with Crippen LogP contribution in [0.2, 0.25) is 5.02 Å². The third kappa shape index (κ3) is 4.49. The van der Waals surface area contributed by atoms with Gasteiger partial charge in [-0.1, -0.05) is 27.5 Å². The summed E-state index contributed by atoms with van der Waals surface area (Å²) in [5, 5.41) is 3.58. The van der Waals surface area contributed by atoms with Crippen LogP contribution in [0, 0.1) is 20.8 Å². The summed E-state index contributed by atoms with van der Waals surface area (Å²) in [5.41, 5.74) is 3.66. The maximum atomic E-state index is 12.3. The van der Waals surface area contributed by atoms with Crippen LogP contribution in [0.3, 0.4) is 0 Å². The van der Waals surface area contributed by atoms with Crippen LogP contribution >= 0.6 is 27.5 Å². The van der Waals surface area contributed by atoms with Gasteiger partial charge in [-0.05, 0) is 74.7 Å². The number of ether oxygens (including phenoxy) is 1. The first kappa shape index (κ1) is 17.8. The molecule has 2 aromatic rings. The van der Waals surface area contributed by atoms with Crippen LogP contribution in [0.5, 0.6) is 5.75 Å². The maximum Gasteiger partial charge on any atom is 0.265 e. The lowest BCUT2D eigenvalue weighted by Crippen LogP contribution is -2.30. The third-order valence-electron chi connectivity index (χ3n) is 3.52. The maximum absolute atomic E-state index is 12.3. The molecular formula is C18H19BrClNO2. The van der Waals surface area contributed by atoms with Crippen LogP contribution in [0.25, 0.3) is 0 Å². The molecule has 0 bridgehead atoms. The zero-order valence-corrected chi connectivity index (χ0v) is 15.9. The minimum atomic E-state index is -0.612. The van der Waals surface area contributed by atoms with Crippen molar-refractivity contribution >= 4 is 39.1 Å². The second-order valence-electron chi connectivity index (χ2n) is 5.58. The molecule has 5 heteroatoms. The summed E-state index contributed by atoms with van der Waals surface area (Å²) in [6, 6.07) is 9.33. The number of aryl methyl sites for hydroxylation is 3. The van der Waals surface area contributed by atoms with E-state index in [-0.39, 0.29) is 5.91 Å². The summed E-state index contributed by atoms with van der Waals surface area (Å²) < 4.78 is 6.75. The highest BCUT2D eigenvalue weighted by atomic mass is 79.9. The molecule has 0 aliphatic heterocycles. The van der Waals surface area contributed by atoms with Crippen molar-refractivity contribution < 1.29 is 9.53 Å². The molecular weight excluding hydrogens is 378 g/mol. The van der Waals surface area contributed by atoms with E-state index in [4.69, 9.17) is 16.3 Å². The molecule has 23 heavy (non-hydrogen) atoms. The summed E-state index contributed by atoms with van der Waals surface area (Å²) in [7, 11) is 0. The van der Waals surface area contributed by atoms with Gasteiger partial charge in [0.2, 0.25) is 0 Å². The van der Waals surface area contributed by atoms with Gasteiger partial charge in [0.25, 0.3) is 5.91 Å². The van der Waals surface area contributed by atoms with E-state index in [0.717, 1.165) is 31.9 Å². The molecule has 0 saturated heterocycles. The van der Waals surface area contributed by atoms with Crippen molar-refractivity contribution in [2.24, 2.45) is 0 Å². The van der Waals surface area contributed by atoms with E-state index in [0.29, 0.717) is 5.75 Å². The molecule has 2 aromatic carbocycles. The fourth-order valence-electron chi connectivity index (χ4n) is 2.20. The van der Waals surface area contributed by atoms with Gasteiger partial charge in [0.1, 0.15) is 5.75 Å². The molecule has 1 amide bonds. The Morgan fingerprint density at radius 2 is 1.74 bits per heavy atom. The molecule has 0 saturated carbocycles. The normalized spacial score (nSPS) is 11.9. The first-order valence-electron chi connectivity index (χ1n) is 7.28. The zero-order valence-electron chi connectivity index (χ0n) is 13.5. The number of hydrogen-bond acceptors (Lipinski definition) is 2. The van der Waals surface area contributed by atoms with Crippen molar-refractivity contribution in [1.82, 2.24) is 0 Å². The Morgan fingerprint density at radius 1 is 1.13 bits per heavy atom. The van der Waals surface area contributed by atoms with Gasteiger partial charge in [-0.15, -0.1) is 0 Å². The minimum Gasteiger partial charge on any atom is -0.481 e. The van der Waals surface area contributed by atoms with Crippen LogP contribution in [0.1, 0.15) is 23.6 Å². The number of carbonyl (C=O) groups is 1. The van der Waals surface area contributed by atoms with E-state index in [9.17, 15) is 4.79 Å². The fourth-order valence-corrected chi connectivity index (χ4v) is 2.55. The van der Waals surface area contributed by atoms with E-state index in [1.807, 2.05) is 51.1 Å². The number of anilines is 1. The second-order valence-corrected chi connectivity index (χ2v) is 6.82. The van der Waals surface area contributed by atoms with Crippen molar-refractivity contribution in [3.8, 4) is 5.75 Å². The molecule has 0 aliphatic carbocycles. The highest BCUT2D eigenvalue weighted by molar-refractivity contribution is 9.10. The van der Waals surface area contributed by atoms with Crippen molar-refractivity contribution in [3.05, 3.63) is 56.5 Å². The Labute approximate surface area is 150 Å². The van der Waals surface area contributed by atoms with E-state index in [2.05, 4.69) is 21.2 Å². The summed E-state index contributed by atoms with van der Waals surface area (Å²) in [4.78, 5) is 12.3. The monoisotopic (exact) mass is 395 g/mol. The summed E-state index contributed by atoms with van der Waals surface area (Å²) >= 11 is 9.58. The van der Waals surface area contributed by atoms with Crippen LogP contribution in [0.15, 0.2) is 34.8 Å². The number of carbonyl (C=O) groups excluding carboxylic acids is 1. The smallest absolute Gasteiger partial charge is 0.265 e. The van der Waals surface area contributed by atoms with Gasteiger partial charge in [0, 0.05) is 15.2 Å². The molecule has 0 spiro atoms. The van der Waals surface area contributed by atoms with Crippen LogP contribution in [-0.4, -0.2) is 12.0 Å². The van der Waals surface area contributed by atoms with E-state index >= 15 is 0 Å². The molecule has 3 nitrogen and oxygen atoms in total. The van der Waals surface area contributed by atoms with Gasteiger partial charge in [0.15, 0.2) is 6.10 Å². The number of nitrogens with one attached hydrogen (secondary N) is 1. The predicted octanol–water partition coefficient (Wildman–Crippen LogP) is 5.43. The molecule has 1 N–H and O–H groups in total. The summed E-state index contributed by atoms with van der Waals surface area (Å²) in [6.45, 7) is 7.52. The molecule has 0 aromatic heterocycles. The number of amides is 1. The summed E-state index contributed by atoms with van der Waals surface area (Å²) in [5.74, 6) is 0.441. The quantitative estimate of drug-likeness (QED) is 0.748. The Kier molecular flexibility index (Phi) is 5.71. The van der Waals surface area contributed by atoms with E-state index in [1.165, 1.54) is 0 Å². The van der Waals surface area contributed by atoms with Gasteiger partial charge in [-0.25, -0.2) is 0 Å². The van der Waals surface area contributed by atoms with E-state index < -0.39 is 6.10 Å². The van der Waals surface area contributed by atoms with Crippen molar-refractivity contribution in [2.45, 2.75) is 33.8 Å². The highest BCUT2D eigenvalue weighted by Gasteiger charge is 2.16. The first-order valence-corrected chi connectivity index (χ1v) is 8.45. The third-order valence-corrected chi connectivity index (χ3v) is 5.00. The first-order chi connectivity index (χ1) is 10.8. The Morgan fingerprint density at radius 3 is 2.30 bits per heavy atom. The predicted molar refractivity (Wildman–Crippen MR) is 98.5 cm³/mol. The SMILES string of the molecule is Cc1cc(NC(=O)C(C)Oc2cc(C)c(Cl)c(C)c2)ccc1Br. The largest absolute Gasteiger partial charge is 0.481 e. The van der Waals surface area contributed by atoms with Crippen molar-refractivity contribution in [2.75, 3.05) is 5.32 Å². The van der Waals surface area contributed by atoms with Crippen molar-refractivity contribution in [1.29, 1.82) is 0 Å². The lowest BCUT2D eigenvalue weighted by molar-refractivity contribution is -0.122. The van der Waals surface area contributed by atoms with Crippen molar-refractivity contribution in [3.63, 3.8) is 0 Å². The molecule has 1 unspecified atom stereocenters. The van der Waals surface area contributed by atoms with E-state index in [1.54, 1.807) is 6.92 Å². The van der Waals surface area contributed by atoms with Gasteiger partial charge < -0.3 is 10.1 Å². The number of benzene rings is 2. The Balaban J connectivity index is 2.06. The van der Waals surface area contributed by atoms with Gasteiger partial charge in [-0.2, -0.15) is 0 Å². The number of halogens is 2. The average molecular weight is 397 g/mol. The lowest BCUT2D eigenvalue weighted by Gasteiger charge is -2.16. The molecule has 0 fully saturated rings. The molecule has 122 valence electrons. The Hall–Kier alpha value is -1.52. The fraction of sp³-hybridized carbons (Fsp3) is 0.278. The topological polar surface area (TPSA) is 38.3 Å². The van der Waals surface area contributed by atoms with Crippen LogP contribution in [0.4, 0.5) is 5.69 Å². The minimum absolute atomic E-state index is 0.197. The molecule has 0 heterocycles. The van der Waals surface area contributed by atoms with Crippen LogP contribution in [-0.2, 0) is 4.79 Å². The number of rotatable bonds is 4. The molecule has 0 aliphatic rings. The molecule has 0 radical (unpaired) electrons. The highest BCUT2D eigenvalue weighted by Crippen LogP contribution is 2.26. The second kappa shape index (κ2) is 7.37. The summed E-state index contributed by atoms with van der Waals surface area (Å²) in [6.07, 6.45) is -0.612. The standard InChI is InChI=1S/C18H19BrClNO2/c1-10-7-14(5-6-16(10)19)21-18(22)13(4)23-15-8-11(2)17(20)12(3)9-15/h5-9,13H,1-4H3,(H,21,22). The van der Waals surface area contributed by atoms with Gasteiger partial charge in [0.05, 0.1) is 0 Å². The van der Waals surface area contributed by atoms with Gasteiger partial charge in [-0.3, -0.25) is 4.79 Å². The average Bonchev–Trinajstić information content (AvgIpc) is 2.48. The zero-order chi connectivity index (χ0) is 17.1. The Bertz CT molecular complexity index is 723. The van der Waals surface area contributed by atoms with Crippen LogP contribution < -0.4 is 10.1 Å². The molecule has 2 rings (SSSR count). The lowest BCUT2D eigenvalue weighted by atomic mass is 10.1. The van der Waals surface area contributed by atoms with Gasteiger partial charge >= 0.3 is 0 Å². The molecule has 1 atom stereocenters. The number of hydrogen-bond donors (Lipinski definition) is 1.